The molecule has 0 heteroatoms. The lowest BCUT2D eigenvalue weighted by Crippen LogP contribution is -2.21. The van der Waals surface area contributed by atoms with Crippen molar-refractivity contribution in [1.82, 2.24) is 0 Å². The maximum absolute atomic E-state index is 4.62. The second-order valence-corrected chi connectivity index (χ2v) is 14.3. The Morgan fingerprint density at radius 2 is 1.72 bits per heavy atom. The van der Waals surface area contributed by atoms with Crippen molar-refractivity contribution in [2.75, 3.05) is 0 Å². The number of fused-ring (bicyclic) bond motifs is 1. The van der Waals surface area contributed by atoms with Gasteiger partial charge in [0.2, 0.25) is 0 Å². The lowest BCUT2D eigenvalue weighted by Gasteiger charge is -2.33. The first-order chi connectivity index (χ1) is 18.5. The van der Waals surface area contributed by atoms with Crippen LogP contribution in [0.15, 0.2) is 72.4 Å². The van der Waals surface area contributed by atoms with Crippen LogP contribution in [0.5, 0.6) is 0 Å². The van der Waals surface area contributed by atoms with Crippen molar-refractivity contribution in [2.45, 2.75) is 92.9 Å². The van der Waals surface area contributed by atoms with Crippen LogP contribution in [0.3, 0.4) is 0 Å². The molecule has 4 unspecified atom stereocenters. The fourth-order valence-corrected chi connectivity index (χ4v) is 7.65. The molecule has 1 fully saturated rings. The van der Waals surface area contributed by atoms with E-state index in [1.165, 1.54) is 82.2 Å². The maximum atomic E-state index is 4.62. The SMILES string of the molecule is C=C1C=CC(CC(C)(C)C)C(=C)C1CC1=Cc2cccc(-c3cc(C)cc(C)c3CC3CCCCC3C)c2C1. The lowest BCUT2D eigenvalue weighted by molar-refractivity contribution is 0.254. The molecular formula is C39H50. The molecule has 39 heavy (non-hydrogen) atoms. The van der Waals surface area contributed by atoms with Gasteiger partial charge in [-0.05, 0) is 108 Å². The van der Waals surface area contributed by atoms with Gasteiger partial charge in [0, 0.05) is 5.92 Å². The van der Waals surface area contributed by atoms with Crippen molar-refractivity contribution in [2.24, 2.45) is 29.1 Å². The first kappa shape index (κ1) is 27.9. The molecule has 0 radical (unpaired) electrons. The van der Waals surface area contributed by atoms with Crippen LogP contribution in [-0.4, -0.2) is 0 Å². The highest BCUT2D eigenvalue weighted by Gasteiger charge is 2.30. The molecule has 0 saturated heterocycles. The van der Waals surface area contributed by atoms with Gasteiger partial charge in [-0.25, -0.2) is 0 Å². The second kappa shape index (κ2) is 11.1. The zero-order valence-electron chi connectivity index (χ0n) is 25.5. The molecule has 0 aromatic heterocycles. The highest BCUT2D eigenvalue weighted by Crippen LogP contribution is 2.44. The highest BCUT2D eigenvalue weighted by atomic mass is 14.3. The molecule has 0 heterocycles. The van der Waals surface area contributed by atoms with E-state index in [0.29, 0.717) is 11.8 Å². The van der Waals surface area contributed by atoms with E-state index in [0.717, 1.165) is 31.1 Å². The molecule has 3 aliphatic rings. The van der Waals surface area contributed by atoms with E-state index >= 15 is 0 Å². The topological polar surface area (TPSA) is 0 Å². The standard InChI is InChI=1S/C39H50/c1-25-18-28(4)36(23-31-13-10-9-12-26(31)2)38(19-25)34-15-11-14-32-20-30(22-37(32)34)21-35-27(3)16-17-33(29(35)5)24-39(6,7)8/h11,14-20,26,31,33,35H,3,5,9-10,12-13,21-24H2,1-2,4,6-8H3. The largest absolute Gasteiger partial charge is 0.0986 e. The third-order valence-corrected chi connectivity index (χ3v) is 9.85. The zero-order valence-corrected chi connectivity index (χ0v) is 25.5. The van der Waals surface area contributed by atoms with Crippen molar-refractivity contribution >= 4 is 6.08 Å². The summed E-state index contributed by atoms with van der Waals surface area (Å²) in [5.41, 5.74) is 14.7. The molecule has 3 aliphatic carbocycles. The third-order valence-electron chi connectivity index (χ3n) is 9.85. The molecule has 0 amide bonds. The van der Waals surface area contributed by atoms with E-state index < -0.39 is 0 Å². The van der Waals surface area contributed by atoms with Gasteiger partial charge < -0.3 is 0 Å². The van der Waals surface area contributed by atoms with Crippen LogP contribution in [0.4, 0.5) is 0 Å². The highest BCUT2D eigenvalue weighted by molar-refractivity contribution is 5.80. The van der Waals surface area contributed by atoms with E-state index in [4.69, 9.17) is 0 Å². The molecular weight excluding hydrogens is 468 g/mol. The number of aryl methyl sites for hydroxylation is 2. The minimum absolute atomic E-state index is 0.290. The number of allylic oxidation sites excluding steroid dienone is 5. The number of hydrogen-bond acceptors (Lipinski definition) is 0. The predicted octanol–water partition coefficient (Wildman–Crippen LogP) is 11.0. The summed E-state index contributed by atoms with van der Waals surface area (Å²) in [6.07, 6.45) is 17.1. The van der Waals surface area contributed by atoms with Crippen LogP contribution in [-0.2, 0) is 12.8 Å². The van der Waals surface area contributed by atoms with Crippen molar-refractivity contribution < 1.29 is 0 Å². The van der Waals surface area contributed by atoms with Gasteiger partial charge in [-0.15, -0.1) is 0 Å². The monoisotopic (exact) mass is 518 g/mol. The molecule has 5 rings (SSSR count). The van der Waals surface area contributed by atoms with Gasteiger partial charge in [-0.2, -0.15) is 0 Å². The summed E-state index contributed by atoms with van der Waals surface area (Å²) in [5.74, 6) is 2.42. The Bertz CT molecular complexity index is 1320. The van der Waals surface area contributed by atoms with Gasteiger partial charge in [0.1, 0.15) is 0 Å². The normalized spacial score (nSPS) is 25.1. The van der Waals surface area contributed by atoms with Gasteiger partial charge in [-0.1, -0.05) is 125 Å². The summed E-state index contributed by atoms with van der Waals surface area (Å²) in [6.45, 7) is 23.2. The van der Waals surface area contributed by atoms with Crippen molar-refractivity contribution in [3.63, 3.8) is 0 Å². The maximum Gasteiger partial charge on any atom is 0.00827 e. The number of benzene rings is 2. The quantitative estimate of drug-likeness (QED) is 0.334. The number of hydrogen-bond donors (Lipinski definition) is 0. The molecule has 0 aliphatic heterocycles. The van der Waals surface area contributed by atoms with E-state index in [-0.39, 0.29) is 5.41 Å². The van der Waals surface area contributed by atoms with E-state index in [1.807, 2.05) is 0 Å². The van der Waals surface area contributed by atoms with Crippen LogP contribution in [0.25, 0.3) is 17.2 Å². The Kier molecular flexibility index (Phi) is 7.96. The van der Waals surface area contributed by atoms with Crippen LogP contribution >= 0.6 is 0 Å². The van der Waals surface area contributed by atoms with Gasteiger partial charge in [-0.3, -0.25) is 0 Å². The van der Waals surface area contributed by atoms with Gasteiger partial charge >= 0.3 is 0 Å². The van der Waals surface area contributed by atoms with E-state index in [1.54, 1.807) is 5.56 Å². The van der Waals surface area contributed by atoms with Crippen LogP contribution in [0, 0.1) is 42.9 Å². The van der Waals surface area contributed by atoms with E-state index in [9.17, 15) is 0 Å². The first-order valence-electron chi connectivity index (χ1n) is 15.5. The Hall–Kier alpha value is -2.60. The Labute approximate surface area is 239 Å². The summed E-state index contributed by atoms with van der Waals surface area (Å²) in [7, 11) is 0. The van der Waals surface area contributed by atoms with Gasteiger partial charge in [0.25, 0.3) is 0 Å². The lowest BCUT2D eigenvalue weighted by atomic mass is 9.71. The second-order valence-electron chi connectivity index (χ2n) is 14.3. The van der Waals surface area contributed by atoms with Crippen LogP contribution < -0.4 is 0 Å². The minimum Gasteiger partial charge on any atom is -0.0986 e. The van der Waals surface area contributed by atoms with Crippen LogP contribution in [0.1, 0.15) is 94.0 Å². The first-order valence-corrected chi connectivity index (χ1v) is 15.5. The van der Waals surface area contributed by atoms with Crippen molar-refractivity contribution in [3.8, 4) is 11.1 Å². The summed E-state index contributed by atoms with van der Waals surface area (Å²) < 4.78 is 0. The van der Waals surface area contributed by atoms with Gasteiger partial charge in [0.05, 0.1) is 0 Å². The molecule has 2 aromatic rings. The molecule has 0 N–H and O–H groups in total. The molecule has 0 spiro atoms. The summed E-state index contributed by atoms with van der Waals surface area (Å²) in [4.78, 5) is 0. The zero-order chi connectivity index (χ0) is 27.9. The Balaban J connectivity index is 1.41. The van der Waals surface area contributed by atoms with Crippen molar-refractivity contribution in [1.29, 1.82) is 0 Å². The van der Waals surface area contributed by atoms with Crippen molar-refractivity contribution in [3.05, 3.63) is 100 Å². The average molecular weight is 519 g/mol. The molecule has 2 aromatic carbocycles. The summed E-state index contributed by atoms with van der Waals surface area (Å²) in [6, 6.07) is 11.9. The molecule has 0 bridgehead atoms. The number of rotatable bonds is 6. The minimum atomic E-state index is 0.290. The van der Waals surface area contributed by atoms with Crippen LogP contribution in [0.2, 0.25) is 0 Å². The fourth-order valence-electron chi connectivity index (χ4n) is 7.65. The predicted molar refractivity (Wildman–Crippen MR) is 171 cm³/mol. The Morgan fingerprint density at radius 1 is 0.949 bits per heavy atom. The molecule has 4 atom stereocenters. The smallest absolute Gasteiger partial charge is 0.00827 e. The average Bonchev–Trinajstić information content (AvgIpc) is 3.28. The fraction of sp³-hybridized carbons (Fsp3) is 0.487. The Morgan fingerprint density at radius 3 is 2.46 bits per heavy atom. The third kappa shape index (κ3) is 6.11. The summed E-state index contributed by atoms with van der Waals surface area (Å²) >= 11 is 0. The van der Waals surface area contributed by atoms with E-state index in [2.05, 4.69) is 103 Å². The molecule has 1 saturated carbocycles. The summed E-state index contributed by atoms with van der Waals surface area (Å²) in [5, 5.41) is 0. The van der Waals surface area contributed by atoms with Gasteiger partial charge in [0.15, 0.2) is 0 Å². The molecule has 206 valence electrons. The molecule has 0 nitrogen and oxygen atoms in total.